The van der Waals surface area contributed by atoms with Crippen LogP contribution in [0.3, 0.4) is 0 Å². The third-order valence-electron chi connectivity index (χ3n) is 3.05. The molecule has 2 aromatic carbocycles. The largest absolute Gasteiger partial charge is 0.392 e. The van der Waals surface area contributed by atoms with E-state index in [1.165, 1.54) is 18.2 Å². The normalized spacial score (nSPS) is 11.5. The maximum Gasteiger partial charge on any atom is 0.240 e. The van der Waals surface area contributed by atoms with E-state index in [-0.39, 0.29) is 23.9 Å². The Labute approximate surface area is 123 Å². The van der Waals surface area contributed by atoms with Crippen molar-refractivity contribution in [3.63, 3.8) is 0 Å². The van der Waals surface area contributed by atoms with Gasteiger partial charge in [-0.1, -0.05) is 30.3 Å². The van der Waals surface area contributed by atoms with Crippen LogP contribution in [-0.2, 0) is 23.1 Å². The van der Waals surface area contributed by atoms with Crippen LogP contribution in [0.25, 0.3) is 0 Å². The van der Waals surface area contributed by atoms with E-state index < -0.39 is 10.0 Å². The monoisotopic (exact) mass is 309 g/mol. The smallest absolute Gasteiger partial charge is 0.240 e. The quantitative estimate of drug-likeness (QED) is 0.855. The van der Waals surface area contributed by atoms with Crippen LogP contribution in [0.1, 0.15) is 11.1 Å². The van der Waals surface area contributed by atoms with Crippen LogP contribution in [0, 0.1) is 5.82 Å². The van der Waals surface area contributed by atoms with Crippen LogP contribution in [0.5, 0.6) is 0 Å². The van der Waals surface area contributed by atoms with Gasteiger partial charge in [-0.3, -0.25) is 0 Å². The lowest BCUT2D eigenvalue weighted by Crippen LogP contribution is -2.27. The molecule has 0 saturated heterocycles. The van der Waals surface area contributed by atoms with E-state index in [1.807, 2.05) is 0 Å². The minimum absolute atomic E-state index is 0.0756. The summed E-state index contributed by atoms with van der Waals surface area (Å²) < 4.78 is 39.6. The molecule has 0 aliphatic heterocycles. The maximum atomic E-state index is 12.8. The van der Waals surface area contributed by atoms with Gasteiger partial charge in [0.25, 0.3) is 0 Å². The second-order valence-electron chi connectivity index (χ2n) is 4.54. The standard InChI is InChI=1S/C15H16FNO3S/c16-14-7-5-12(6-8-14)9-10-17-21(19,20)15-4-2-1-3-13(15)11-18/h1-8,17-18H,9-11H2. The van der Waals surface area contributed by atoms with E-state index in [1.54, 1.807) is 30.3 Å². The molecule has 0 bridgehead atoms. The average Bonchev–Trinajstić information content (AvgIpc) is 2.49. The number of hydrogen-bond acceptors (Lipinski definition) is 3. The first-order chi connectivity index (χ1) is 10.0. The summed E-state index contributed by atoms with van der Waals surface area (Å²) in [5, 5.41) is 9.18. The SMILES string of the molecule is O=S(=O)(NCCc1ccc(F)cc1)c1ccccc1CO. The molecule has 112 valence electrons. The average molecular weight is 309 g/mol. The highest BCUT2D eigenvalue weighted by molar-refractivity contribution is 7.89. The predicted molar refractivity (Wildman–Crippen MR) is 77.7 cm³/mol. The highest BCUT2D eigenvalue weighted by atomic mass is 32.2. The molecule has 0 aliphatic carbocycles. The fraction of sp³-hybridized carbons (Fsp3) is 0.200. The Morgan fingerprint density at radius 1 is 1.05 bits per heavy atom. The Morgan fingerprint density at radius 2 is 1.71 bits per heavy atom. The molecule has 0 saturated carbocycles. The number of benzene rings is 2. The molecule has 0 unspecified atom stereocenters. The highest BCUT2D eigenvalue weighted by Gasteiger charge is 2.16. The lowest BCUT2D eigenvalue weighted by Gasteiger charge is -2.10. The summed E-state index contributed by atoms with van der Waals surface area (Å²) in [7, 11) is -3.67. The van der Waals surface area contributed by atoms with Crippen molar-refractivity contribution in [2.45, 2.75) is 17.9 Å². The van der Waals surface area contributed by atoms with E-state index in [4.69, 9.17) is 0 Å². The van der Waals surface area contributed by atoms with E-state index in [9.17, 15) is 17.9 Å². The summed E-state index contributed by atoms with van der Waals surface area (Å²) in [6.07, 6.45) is 0.459. The van der Waals surface area contributed by atoms with Crippen molar-refractivity contribution in [2.24, 2.45) is 0 Å². The Kier molecular flexibility index (Phi) is 5.06. The Hall–Kier alpha value is -1.76. The minimum atomic E-state index is -3.67. The summed E-state index contributed by atoms with van der Waals surface area (Å²) in [6, 6.07) is 12.2. The Morgan fingerprint density at radius 3 is 2.38 bits per heavy atom. The molecule has 0 fully saturated rings. The van der Waals surface area contributed by atoms with E-state index in [2.05, 4.69) is 4.72 Å². The molecule has 0 heterocycles. The van der Waals surface area contributed by atoms with Gasteiger partial charge in [0.1, 0.15) is 5.82 Å². The third-order valence-corrected chi connectivity index (χ3v) is 4.61. The topological polar surface area (TPSA) is 66.4 Å². The summed E-state index contributed by atoms with van der Waals surface area (Å²) in [4.78, 5) is 0.0756. The molecule has 0 aliphatic rings. The molecule has 6 heteroatoms. The number of rotatable bonds is 6. The molecule has 0 radical (unpaired) electrons. The van der Waals surface area contributed by atoms with Gasteiger partial charge in [-0.25, -0.2) is 17.5 Å². The molecule has 2 aromatic rings. The van der Waals surface area contributed by atoms with Crippen LogP contribution in [0.15, 0.2) is 53.4 Å². The van der Waals surface area contributed by atoms with E-state index in [0.29, 0.717) is 12.0 Å². The lowest BCUT2D eigenvalue weighted by molar-refractivity contribution is 0.278. The fourth-order valence-corrected chi connectivity index (χ4v) is 3.22. The van der Waals surface area contributed by atoms with E-state index >= 15 is 0 Å². The van der Waals surface area contributed by atoms with Gasteiger partial charge in [0.2, 0.25) is 10.0 Å². The Balaban J connectivity index is 2.03. The summed E-state index contributed by atoms with van der Waals surface area (Å²) in [6.45, 7) is -0.136. The second-order valence-corrected chi connectivity index (χ2v) is 6.28. The zero-order valence-corrected chi connectivity index (χ0v) is 12.1. The van der Waals surface area contributed by atoms with Crippen molar-refractivity contribution < 1.29 is 17.9 Å². The molecule has 0 aromatic heterocycles. The van der Waals surface area contributed by atoms with Gasteiger partial charge in [-0.15, -0.1) is 0 Å². The van der Waals surface area contributed by atoms with Crippen LogP contribution in [-0.4, -0.2) is 20.1 Å². The van der Waals surface area contributed by atoms with Crippen LogP contribution < -0.4 is 4.72 Å². The molecule has 0 spiro atoms. The van der Waals surface area contributed by atoms with Gasteiger partial charge >= 0.3 is 0 Å². The Bertz CT molecular complexity index is 699. The molecule has 2 rings (SSSR count). The first-order valence-corrected chi connectivity index (χ1v) is 7.94. The van der Waals surface area contributed by atoms with E-state index in [0.717, 1.165) is 5.56 Å². The van der Waals surface area contributed by atoms with Crippen molar-refractivity contribution in [2.75, 3.05) is 6.54 Å². The van der Waals surface area contributed by atoms with Crippen molar-refractivity contribution in [1.29, 1.82) is 0 Å². The zero-order valence-electron chi connectivity index (χ0n) is 11.3. The second kappa shape index (κ2) is 6.80. The van der Waals surface area contributed by atoms with Crippen LogP contribution >= 0.6 is 0 Å². The van der Waals surface area contributed by atoms with Crippen molar-refractivity contribution in [3.05, 3.63) is 65.5 Å². The summed E-state index contributed by atoms with van der Waals surface area (Å²) in [5.41, 5.74) is 1.20. The molecule has 4 nitrogen and oxygen atoms in total. The van der Waals surface area contributed by atoms with Gasteiger partial charge in [0, 0.05) is 6.54 Å². The molecular weight excluding hydrogens is 293 g/mol. The number of sulfonamides is 1. The molecule has 0 atom stereocenters. The molecule has 2 N–H and O–H groups in total. The molecule has 0 amide bonds. The fourth-order valence-electron chi connectivity index (χ4n) is 1.96. The van der Waals surface area contributed by atoms with Crippen molar-refractivity contribution >= 4 is 10.0 Å². The number of hydrogen-bond donors (Lipinski definition) is 2. The lowest BCUT2D eigenvalue weighted by atomic mass is 10.1. The number of nitrogens with one attached hydrogen (secondary N) is 1. The van der Waals surface area contributed by atoms with Crippen molar-refractivity contribution in [1.82, 2.24) is 4.72 Å². The number of aliphatic hydroxyl groups is 1. The number of aliphatic hydroxyl groups excluding tert-OH is 1. The highest BCUT2D eigenvalue weighted by Crippen LogP contribution is 2.15. The van der Waals surface area contributed by atoms with Gasteiger partial charge in [-0.2, -0.15) is 0 Å². The molecule has 21 heavy (non-hydrogen) atoms. The first kappa shape index (κ1) is 15.6. The summed E-state index contributed by atoms with van der Waals surface area (Å²) in [5.74, 6) is -0.323. The zero-order chi connectivity index (χ0) is 15.3. The maximum absolute atomic E-state index is 12.8. The van der Waals surface area contributed by atoms with Gasteiger partial charge in [-0.05, 0) is 35.7 Å². The van der Waals surface area contributed by atoms with Gasteiger partial charge < -0.3 is 5.11 Å². The third kappa shape index (κ3) is 4.10. The van der Waals surface area contributed by atoms with Gasteiger partial charge in [0.15, 0.2) is 0 Å². The van der Waals surface area contributed by atoms with Crippen LogP contribution in [0.4, 0.5) is 4.39 Å². The minimum Gasteiger partial charge on any atom is -0.392 e. The number of halogens is 1. The van der Waals surface area contributed by atoms with Gasteiger partial charge in [0.05, 0.1) is 11.5 Å². The summed E-state index contributed by atoms with van der Waals surface area (Å²) >= 11 is 0. The molecular formula is C15H16FNO3S. The first-order valence-electron chi connectivity index (χ1n) is 6.46. The van der Waals surface area contributed by atoms with Crippen LogP contribution in [0.2, 0.25) is 0 Å². The van der Waals surface area contributed by atoms with Crippen molar-refractivity contribution in [3.8, 4) is 0 Å². The predicted octanol–water partition coefficient (Wildman–Crippen LogP) is 1.84.